The van der Waals surface area contributed by atoms with Crippen LogP contribution in [0.2, 0.25) is 5.15 Å². The molecule has 3 aliphatic rings. The van der Waals surface area contributed by atoms with Gasteiger partial charge in [-0.3, -0.25) is 14.6 Å². The number of carbonyl (C=O) groups is 2. The van der Waals surface area contributed by atoms with Gasteiger partial charge in [-0.1, -0.05) is 17.7 Å². The second kappa shape index (κ2) is 13.9. The van der Waals surface area contributed by atoms with Crippen molar-refractivity contribution in [3.63, 3.8) is 0 Å². The number of aromatic nitrogens is 4. The molecule has 2 unspecified atom stereocenters. The first-order valence-electron chi connectivity index (χ1n) is 16.2. The number of thiophene rings is 2. The molecule has 10 nitrogen and oxygen atoms in total. The summed E-state index contributed by atoms with van der Waals surface area (Å²) in [5, 5.41) is 6.06. The van der Waals surface area contributed by atoms with Crippen LogP contribution in [0.3, 0.4) is 0 Å². The monoisotopic (exact) mass is 702 g/mol. The summed E-state index contributed by atoms with van der Waals surface area (Å²) in [5.41, 5.74) is 7.03. The van der Waals surface area contributed by atoms with Gasteiger partial charge in [-0.2, -0.15) is 0 Å². The molecule has 2 atom stereocenters. The van der Waals surface area contributed by atoms with Crippen LogP contribution in [0, 0.1) is 11.8 Å². The van der Waals surface area contributed by atoms with E-state index < -0.39 is 0 Å². The number of fused-ring (bicyclic) bond motifs is 7. The first-order chi connectivity index (χ1) is 23.3. The molecule has 13 heteroatoms. The standard InChI is InChI=1S/C22H22N4O2S.C13H13ClN2O2S/c1-3-28-22(27)13-5-7-16-18(8-13)29-21-19(16)20(24-11-25-21)26-15-6-4-14-10-23-12(2)17(14)9-15;1-2-18-13(17)7-3-4-8-9(5-7)19-12-10(8)11(14)15-6-16-12/h4,6,9,11,13H,3,5,7-8,10H2,1-2H3,(H,24,25,26);6-7H,2-5H2,1H3. The van der Waals surface area contributed by atoms with Crippen LogP contribution in [-0.4, -0.2) is 50.8 Å². The lowest BCUT2D eigenvalue weighted by molar-refractivity contribution is -0.149. The fourth-order valence-corrected chi connectivity index (χ4v) is 9.59. The highest BCUT2D eigenvalue weighted by Crippen LogP contribution is 2.42. The highest BCUT2D eigenvalue weighted by atomic mass is 35.5. The molecule has 1 N–H and O–H groups in total. The molecule has 0 spiro atoms. The van der Waals surface area contributed by atoms with Gasteiger partial charge in [-0.05, 0) is 88.1 Å². The summed E-state index contributed by atoms with van der Waals surface area (Å²) < 4.78 is 10.3. The van der Waals surface area contributed by atoms with Crippen molar-refractivity contribution in [3.05, 3.63) is 68.0 Å². The number of rotatable bonds is 6. The Morgan fingerprint density at radius 3 is 2.12 bits per heavy atom. The van der Waals surface area contributed by atoms with Gasteiger partial charge >= 0.3 is 11.9 Å². The number of hydrogen-bond acceptors (Lipinski definition) is 12. The Balaban J connectivity index is 0.000000166. The number of benzene rings is 1. The highest BCUT2D eigenvalue weighted by molar-refractivity contribution is 7.19. The van der Waals surface area contributed by atoms with Crippen molar-refractivity contribution in [2.24, 2.45) is 16.8 Å². The van der Waals surface area contributed by atoms with Gasteiger partial charge in [0, 0.05) is 26.7 Å². The maximum absolute atomic E-state index is 12.2. The van der Waals surface area contributed by atoms with E-state index in [1.54, 1.807) is 29.0 Å². The van der Waals surface area contributed by atoms with E-state index in [0.717, 1.165) is 82.7 Å². The predicted octanol–water partition coefficient (Wildman–Crippen LogP) is 7.44. The summed E-state index contributed by atoms with van der Waals surface area (Å²) in [7, 11) is 0. The zero-order chi connectivity index (χ0) is 33.4. The molecule has 0 radical (unpaired) electrons. The average Bonchev–Trinajstić information content (AvgIpc) is 3.78. The topological polar surface area (TPSA) is 129 Å². The number of nitrogens with zero attached hydrogens (tertiary/aromatic N) is 5. The van der Waals surface area contributed by atoms with Crippen LogP contribution in [0.4, 0.5) is 11.5 Å². The molecule has 0 saturated carbocycles. The zero-order valence-corrected chi connectivity index (χ0v) is 29.4. The summed E-state index contributed by atoms with van der Waals surface area (Å²) in [4.78, 5) is 50.2. The smallest absolute Gasteiger partial charge is 0.309 e. The Morgan fingerprint density at radius 2 is 1.48 bits per heavy atom. The number of carbonyl (C=O) groups excluding carboxylic acids is 2. The van der Waals surface area contributed by atoms with E-state index in [0.29, 0.717) is 18.4 Å². The molecule has 0 fully saturated rings. The van der Waals surface area contributed by atoms with Gasteiger partial charge in [0.2, 0.25) is 0 Å². The molecule has 0 amide bonds. The number of aliphatic imine (C=N–C) groups is 1. The maximum Gasteiger partial charge on any atom is 0.309 e. The number of halogens is 1. The Hall–Kier alpha value is -4.00. The molecule has 1 aromatic carbocycles. The predicted molar refractivity (Wildman–Crippen MR) is 190 cm³/mol. The second-order valence-corrected chi connectivity index (χ2v) is 14.6. The third-order valence-electron chi connectivity index (χ3n) is 9.13. The van der Waals surface area contributed by atoms with Crippen molar-refractivity contribution in [3.8, 4) is 0 Å². The van der Waals surface area contributed by atoms with Gasteiger partial charge in [0.15, 0.2) is 0 Å². The Labute approximate surface area is 291 Å². The van der Waals surface area contributed by atoms with Crippen LogP contribution < -0.4 is 5.32 Å². The molecule has 4 aromatic heterocycles. The van der Waals surface area contributed by atoms with Gasteiger partial charge in [0.25, 0.3) is 0 Å². The van der Waals surface area contributed by atoms with E-state index in [9.17, 15) is 9.59 Å². The van der Waals surface area contributed by atoms with Gasteiger partial charge in [-0.25, -0.2) is 19.9 Å². The molecule has 5 heterocycles. The molecular formula is C35H35ClN6O4S2. The first-order valence-corrected chi connectivity index (χ1v) is 18.3. The summed E-state index contributed by atoms with van der Waals surface area (Å²) in [6.45, 7) is 7.37. The van der Waals surface area contributed by atoms with Gasteiger partial charge in [0.1, 0.15) is 33.3 Å². The third kappa shape index (κ3) is 6.28. The summed E-state index contributed by atoms with van der Waals surface area (Å²) in [6.07, 6.45) is 7.84. The molecule has 1 aliphatic heterocycles. The molecule has 5 aromatic rings. The van der Waals surface area contributed by atoms with Crippen molar-refractivity contribution in [2.75, 3.05) is 18.5 Å². The lowest BCUT2D eigenvalue weighted by Gasteiger charge is -2.20. The number of hydrogen-bond donors (Lipinski definition) is 1. The van der Waals surface area contributed by atoms with E-state index in [1.165, 1.54) is 38.3 Å². The van der Waals surface area contributed by atoms with E-state index in [4.69, 9.17) is 21.1 Å². The SMILES string of the molecule is CCOC(=O)C1CCc2c(sc3ncnc(Cl)c23)C1.CCOC(=O)C1CCc2c(sc3ncnc(Nc4ccc5c(c4)C(C)=NC5)c23)C1. The largest absolute Gasteiger partial charge is 0.466 e. The van der Waals surface area contributed by atoms with Crippen molar-refractivity contribution in [2.45, 2.75) is 65.8 Å². The summed E-state index contributed by atoms with van der Waals surface area (Å²) in [5.74, 6) is 0.554. The number of esters is 2. The van der Waals surface area contributed by atoms with Crippen molar-refractivity contribution in [1.82, 2.24) is 19.9 Å². The van der Waals surface area contributed by atoms with Crippen LogP contribution >= 0.6 is 34.3 Å². The molecule has 48 heavy (non-hydrogen) atoms. The highest BCUT2D eigenvalue weighted by Gasteiger charge is 2.31. The molecule has 248 valence electrons. The quantitative estimate of drug-likeness (QED) is 0.142. The number of ether oxygens (including phenoxy) is 2. The summed E-state index contributed by atoms with van der Waals surface area (Å²) >= 11 is 9.42. The minimum Gasteiger partial charge on any atom is -0.466 e. The third-order valence-corrected chi connectivity index (χ3v) is 11.7. The minimum atomic E-state index is -0.0946. The van der Waals surface area contributed by atoms with Crippen molar-refractivity contribution in [1.29, 1.82) is 0 Å². The fourth-order valence-electron chi connectivity index (χ4n) is 6.75. The second-order valence-electron chi connectivity index (χ2n) is 12.0. The van der Waals surface area contributed by atoms with Gasteiger partial charge < -0.3 is 14.8 Å². The van der Waals surface area contributed by atoms with E-state index >= 15 is 0 Å². The molecule has 0 bridgehead atoms. The van der Waals surface area contributed by atoms with Gasteiger partial charge in [-0.15, -0.1) is 22.7 Å². The molecule has 8 rings (SSSR count). The van der Waals surface area contributed by atoms with Crippen LogP contribution in [0.5, 0.6) is 0 Å². The minimum absolute atomic E-state index is 0.0350. The Bertz CT molecular complexity index is 2080. The normalized spacial score (nSPS) is 17.9. The zero-order valence-electron chi connectivity index (χ0n) is 27.0. The van der Waals surface area contributed by atoms with E-state index in [1.807, 2.05) is 20.8 Å². The van der Waals surface area contributed by atoms with Gasteiger partial charge in [0.05, 0.1) is 42.4 Å². The number of anilines is 2. The van der Waals surface area contributed by atoms with Crippen LogP contribution in [0.25, 0.3) is 20.4 Å². The van der Waals surface area contributed by atoms with Crippen molar-refractivity contribution < 1.29 is 19.1 Å². The summed E-state index contributed by atoms with van der Waals surface area (Å²) in [6, 6.07) is 6.35. The van der Waals surface area contributed by atoms with Crippen LogP contribution in [0.15, 0.2) is 35.8 Å². The first kappa shape index (κ1) is 32.5. The lowest BCUT2D eigenvalue weighted by Crippen LogP contribution is -2.23. The van der Waals surface area contributed by atoms with E-state index in [2.05, 4.69) is 48.4 Å². The molecular weight excluding hydrogens is 668 g/mol. The average molecular weight is 703 g/mol. The van der Waals surface area contributed by atoms with Crippen molar-refractivity contribution >= 4 is 83.9 Å². The lowest BCUT2D eigenvalue weighted by atomic mass is 9.88. The Morgan fingerprint density at radius 1 is 0.875 bits per heavy atom. The number of nitrogens with one attached hydrogen (secondary N) is 1. The number of aryl methyl sites for hydroxylation is 2. The van der Waals surface area contributed by atoms with Crippen LogP contribution in [0.1, 0.15) is 65.6 Å². The fraction of sp³-hybridized carbons (Fsp3) is 0.400. The molecule has 2 aliphatic carbocycles. The Kier molecular flexibility index (Phi) is 9.39. The molecule has 0 saturated heterocycles. The maximum atomic E-state index is 12.2. The van der Waals surface area contributed by atoms with E-state index in [-0.39, 0.29) is 23.8 Å². The van der Waals surface area contributed by atoms with Crippen LogP contribution in [-0.2, 0) is 51.3 Å².